The molecule has 0 bridgehead atoms. The van der Waals surface area contributed by atoms with Gasteiger partial charge in [-0.2, -0.15) is 0 Å². The number of amides is 2. The largest absolute Gasteiger partial charge is 0.497 e. The van der Waals surface area contributed by atoms with Crippen molar-refractivity contribution in [1.29, 1.82) is 0 Å². The van der Waals surface area contributed by atoms with Crippen molar-refractivity contribution in [2.75, 3.05) is 26.1 Å². The van der Waals surface area contributed by atoms with E-state index in [-0.39, 0.29) is 23.6 Å². The number of likely N-dealkylation sites (tertiary alicyclic amines) is 1. The maximum Gasteiger partial charge on any atom is 0.291 e. The molecule has 0 spiro atoms. The van der Waals surface area contributed by atoms with Gasteiger partial charge in [0.1, 0.15) is 11.5 Å². The van der Waals surface area contributed by atoms with Crippen LogP contribution in [0.2, 0.25) is 0 Å². The highest BCUT2D eigenvalue weighted by Crippen LogP contribution is 2.39. The van der Waals surface area contributed by atoms with Gasteiger partial charge in [0.2, 0.25) is 0 Å². The van der Waals surface area contributed by atoms with Crippen LogP contribution in [0.1, 0.15) is 45.4 Å². The van der Waals surface area contributed by atoms with Gasteiger partial charge in [0.05, 0.1) is 26.5 Å². The summed E-state index contributed by atoms with van der Waals surface area (Å²) in [5, 5.41) is 2.75. The van der Waals surface area contributed by atoms with Crippen LogP contribution < -0.4 is 14.8 Å². The van der Waals surface area contributed by atoms with Crippen molar-refractivity contribution in [2.45, 2.75) is 18.9 Å². The molecule has 1 aliphatic rings. The highest BCUT2D eigenvalue weighted by Gasteiger charge is 2.32. The van der Waals surface area contributed by atoms with Crippen molar-refractivity contribution in [2.24, 2.45) is 0 Å². The molecule has 7 nitrogen and oxygen atoms in total. The lowest BCUT2D eigenvalue weighted by molar-refractivity contribution is 0.0734. The van der Waals surface area contributed by atoms with Crippen LogP contribution >= 0.6 is 0 Å². The summed E-state index contributed by atoms with van der Waals surface area (Å²) in [6.07, 6.45) is 3.21. The van der Waals surface area contributed by atoms with Gasteiger partial charge in [-0.3, -0.25) is 9.59 Å². The fourth-order valence-electron chi connectivity index (χ4n) is 3.90. The summed E-state index contributed by atoms with van der Waals surface area (Å²) in [6, 6.07) is 15.7. The molecule has 4 rings (SSSR count). The fraction of sp³-hybridized carbons (Fsp3) is 0.250. The number of nitrogens with one attached hydrogen (secondary N) is 1. The van der Waals surface area contributed by atoms with Gasteiger partial charge in [0.15, 0.2) is 5.76 Å². The first kappa shape index (κ1) is 20.5. The molecule has 1 atom stereocenters. The van der Waals surface area contributed by atoms with E-state index in [0.29, 0.717) is 17.8 Å². The fourth-order valence-corrected chi connectivity index (χ4v) is 3.90. The third kappa shape index (κ3) is 4.26. The zero-order valence-corrected chi connectivity index (χ0v) is 17.5. The van der Waals surface area contributed by atoms with Crippen LogP contribution in [0.3, 0.4) is 0 Å². The first-order valence-corrected chi connectivity index (χ1v) is 10.1. The SMILES string of the molecule is COc1ccc(OC)c([C@@H]2CCCN2C(=O)c2ccc(NC(=O)c3ccco3)cc2)c1. The number of ether oxygens (including phenoxy) is 2. The molecule has 0 aliphatic carbocycles. The molecule has 2 heterocycles. The molecule has 7 heteroatoms. The maximum atomic E-state index is 13.3. The summed E-state index contributed by atoms with van der Waals surface area (Å²) in [5.74, 6) is 1.30. The van der Waals surface area contributed by atoms with E-state index in [1.54, 1.807) is 50.6 Å². The number of carbonyl (C=O) groups excluding carboxylic acids is 2. The number of benzene rings is 2. The average molecular weight is 420 g/mol. The van der Waals surface area contributed by atoms with E-state index < -0.39 is 0 Å². The van der Waals surface area contributed by atoms with Crippen molar-refractivity contribution in [3.05, 3.63) is 77.7 Å². The lowest BCUT2D eigenvalue weighted by Crippen LogP contribution is -2.30. The lowest BCUT2D eigenvalue weighted by atomic mass is 10.0. The Bertz CT molecular complexity index is 1060. The smallest absolute Gasteiger partial charge is 0.291 e. The number of furan rings is 1. The topological polar surface area (TPSA) is 81.0 Å². The van der Waals surface area contributed by atoms with Gasteiger partial charge in [-0.05, 0) is 67.4 Å². The van der Waals surface area contributed by atoms with E-state index in [1.807, 2.05) is 23.1 Å². The third-order valence-electron chi connectivity index (χ3n) is 5.44. The van der Waals surface area contributed by atoms with Crippen LogP contribution in [0.5, 0.6) is 11.5 Å². The Morgan fingerprint density at radius 1 is 1.06 bits per heavy atom. The summed E-state index contributed by atoms with van der Waals surface area (Å²) in [6.45, 7) is 0.668. The minimum Gasteiger partial charge on any atom is -0.497 e. The first-order valence-electron chi connectivity index (χ1n) is 10.1. The normalized spacial score (nSPS) is 15.5. The molecule has 1 fully saturated rings. The molecule has 31 heavy (non-hydrogen) atoms. The third-order valence-corrected chi connectivity index (χ3v) is 5.44. The Morgan fingerprint density at radius 2 is 1.87 bits per heavy atom. The monoisotopic (exact) mass is 420 g/mol. The van der Waals surface area contributed by atoms with Gasteiger partial charge in [-0.15, -0.1) is 0 Å². The van der Waals surface area contributed by atoms with Gasteiger partial charge in [0, 0.05) is 23.4 Å². The zero-order valence-electron chi connectivity index (χ0n) is 17.5. The Hall–Kier alpha value is -3.74. The van der Waals surface area contributed by atoms with Crippen LogP contribution in [-0.4, -0.2) is 37.5 Å². The number of hydrogen-bond acceptors (Lipinski definition) is 5. The number of rotatable bonds is 6. The molecule has 1 saturated heterocycles. The summed E-state index contributed by atoms with van der Waals surface area (Å²) in [7, 11) is 3.25. The highest BCUT2D eigenvalue weighted by molar-refractivity contribution is 6.02. The van der Waals surface area contributed by atoms with Gasteiger partial charge in [0.25, 0.3) is 11.8 Å². The van der Waals surface area contributed by atoms with Crippen molar-refractivity contribution in [3.8, 4) is 11.5 Å². The number of hydrogen-bond donors (Lipinski definition) is 1. The van der Waals surface area contributed by atoms with Crippen molar-refractivity contribution in [3.63, 3.8) is 0 Å². The van der Waals surface area contributed by atoms with Gasteiger partial charge >= 0.3 is 0 Å². The van der Waals surface area contributed by atoms with Crippen LogP contribution in [-0.2, 0) is 0 Å². The second-order valence-electron chi connectivity index (χ2n) is 7.27. The summed E-state index contributed by atoms with van der Waals surface area (Å²) in [4.78, 5) is 27.2. The minimum atomic E-state index is -0.339. The number of carbonyl (C=O) groups is 2. The molecule has 1 N–H and O–H groups in total. The molecule has 1 aliphatic heterocycles. The van der Waals surface area contributed by atoms with Crippen molar-refractivity contribution < 1.29 is 23.5 Å². The molecule has 2 amide bonds. The van der Waals surface area contributed by atoms with Crippen molar-refractivity contribution in [1.82, 2.24) is 4.90 Å². The molecule has 2 aromatic carbocycles. The van der Waals surface area contributed by atoms with Crippen LogP contribution in [0.4, 0.5) is 5.69 Å². The van der Waals surface area contributed by atoms with E-state index >= 15 is 0 Å². The molecule has 0 saturated carbocycles. The summed E-state index contributed by atoms with van der Waals surface area (Å²) in [5.41, 5.74) is 2.09. The summed E-state index contributed by atoms with van der Waals surface area (Å²) >= 11 is 0. The van der Waals surface area contributed by atoms with Gasteiger partial charge in [-0.25, -0.2) is 0 Å². The van der Waals surface area contributed by atoms with E-state index in [2.05, 4.69) is 5.32 Å². The molecule has 160 valence electrons. The predicted molar refractivity (Wildman–Crippen MR) is 116 cm³/mol. The second-order valence-corrected chi connectivity index (χ2v) is 7.27. The van der Waals surface area contributed by atoms with Gasteiger partial charge in [-0.1, -0.05) is 0 Å². The quantitative estimate of drug-likeness (QED) is 0.634. The molecular formula is C24H24N2O5. The standard InChI is InChI=1S/C24H24N2O5/c1-29-18-11-12-21(30-2)19(15-18)20-5-3-13-26(20)24(28)16-7-9-17(10-8-16)25-23(27)22-6-4-14-31-22/h4,6-12,14-15,20H,3,5,13H2,1-2H3,(H,25,27)/t20-/m0/s1. The van der Waals surface area contributed by atoms with Crippen LogP contribution in [0.25, 0.3) is 0 Å². The van der Waals surface area contributed by atoms with Gasteiger partial charge < -0.3 is 24.1 Å². The Morgan fingerprint density at radius 3 is 2.55 bits per heavy atom. The first-order chi connectivity index (χ1) is 15.1. The van der Waals surface area contributed by atoms with E-state index in [1.165, 1.54) is 6.26 Å². The highest BCUT2D eigenvalue weighted by atomic mass is 16.5. The molecule has 0 unspecified atom stereocenters. The Kier molecular flexibility index (Phi) is 5.93. The molecule has 3 aromatic rings. The zero-order chi connectivity index (χ0) is 21.8. The molecule has 1 aromatic heterocycles. The number of anilines is 1. The Labute approximate surface area is 180 Å². The van der Waals surface area contributed by atoms with Crippen molar-refractivity contribution >= 4 is 17.5 Å². The molecule has 0 radical (unpaired) electrons. The lowest BCUT2D eigenvalue weighted by Gasteiger charge is -2.27. The maximum absolute atomic E-state index is 13.3. The van der Waals surface area contributed by atoms with E-state index in [9.17, 15) is 9.59 Å². The number of nitrogens with zero attached hydrogens (tertiary/aromatic N) is 1. The summed E-state index contributed by atoms with van der Waals surface area (Å²) < 4.78 is 16.0. The van der Waals surface area contributed by atoms with E-state index in [4.69, 9.17) is 13.9 Å². The second kappa shape index (κ2) is 8.95. The van der Waals surface area contributed by atoms with Crippen LogP contribution in [0, 0.1) is 0 Å². The molecular weight excluding hydrogens is 396 g/mol. The minimum absolute atomic E-state index is 0.0590. The van der Waals surface area contributed by atoms with Crippen LogP contribution in [0.15, 0.2) is 65.3 Å². The Balaban J connectivity index is 1.52. The average Bonchev–Trinajstić information content (AvgIpc) is 3.51. The number of methoxy groups -OCH3 is 2. The predicted octanol–water partition coefficient (Wildman–Crippen LogP) is 4.53. The van der Waals surface area contributed by atoms with E-state index in [0.717, 1.165) is 29.9 Å².